The lowest BCUT2D eigenvalue weighted by atomic mass is 10.1. The van der Waals surface area contributed by atoms with Crippen LogP contribution in [0.15, 0.2) is 53.1 Å². The van der Waals surface area contributed by atoms with Crippen molar-refractivity contribution in [3.05, 3.63) is 70.1 Å². The van der Waals surface area contributed by atoms with E-state index in [0.29, 0.717) is 11.0 Å². The standard InChI is InChI=1S/C17H16BrFN2/c1-20-10-12-4-3-7-16-14(12)8-9-21(16)11-13-5-2-6-15(19)17(13)18/h2-9,20H,10-11H2,1H3. The fourth-order valence-corrected chi connectivity index (χ4v) is 3.01. The topological polar surface area (TPSA) is 17.0 Å². The van der Waals surface area contributed by atoms with Gasteiger partial charge in [-0.1, -0.05) is 24.3 Å². The first-order valence-electron chi connectivity index (χ1n) is 6.85. The summed E-state index contributed by atoms with van der Waals surface area (Å²) in [5.41, 5.74) is 3.37. The average Bonchev–Trinajstić information content (AvgIpc) is 2.89. The van der Waals surface area contributed by atoms with E-state index in [2.05, 4.69) is 56.3 Å². The molecule has 0 aliphatic heterocycles. The fourth-order valence-electron chi connectivity index (χ4n) is 2.62. The zero-order valence-electron chi connectivity index (χ0n) is 11.7. The molecule has 4 heteroatoms. The van der Waals surface area contributed by atoms with E-state index in [1.54, 1.807) is 6.07 Å². The third-order valence-corrected chi connectivity index (χ3v) is 4.53. The molecule has 2 nitrogen and oxygen atoms in total. The van der Waals surface area contributed by atoms with Gasteiger partial charge in [-0.25, -0.2) is 4.39 Å². The second-order valence-corrected chi connectivity index (χ2v) is 5.83. The molecule has 0 aliphatic rings. The lowest BCUT2D eigenvalue weighted by molar-refractivity contribution is 0.616. The third kappa shape index (κ3) is 2.74. The highest BCUT2D eigenvalue weighted by Crippen LogP contribution is 2.25. The number of rotatable bonds is 4. The first-order valence-corrected chi connectivity index (χ1v) is 7.64. The average molecular weight is 347 g/mol. The third-order valence-electron chi connectivity index (χ3n) is 3.64. The second-order valence-electron chi connectivity index (χ2n) is 5.04. The lowest BCUT2D eigenvalue weighted by Gasteiger charge is -2.09. The summed E-state index contributed by atoms with van der Waals surface area (Å²) in [6.45, 7) is 1.48. The predicted octanol–water partition coefficient (Wildman–Crippen LogP) is 4.31. The summed E-state index contributed by atoms with van der Waals surface area (Å²) in [5.74, 6) is -0.222. The van der Waals surface area contributed by atoms with E-state index in [9.17, 15) is 4.39 Å². The Hall–Kier alpha value is -1.65. The van der Waals surface area contributed by atoms with Gasteiger partial charge in [-0.15, -0.1) is 0 Å². The molecule has 1 N–H and O–H groups in total. The number of fused-ring (bicyclic) bond motifs is 1. The Kier molecular flexibility index (Phi) is 4.08. The Morgan fingerprint density at radius 1 is 1.10 bits per heavy atom. The van der Waals surface area contributed by atoms with Crippen LogP contribution in [0.2, 0.25) is 0 Å². The predicted molar refractivity (Wildman–Crippen MR) is 87.9 cm³/mol. The molecule has 0 saturated heterocycles. The molecular weight excluding hydrogens is 331 g/mol. The lowest BCUT2D eigenvalue weighted by Crippen LogP contribution is -2.05. The van der Waals surface area contributed by atoms with E-state index in [4.69, 9.17) is 0 Å². The Bertz CT molecular complexity index is 780. The maximum Gasteiger partial charge on any atom is 0.137 e. The molecule has 0 bridgehead atoms. The minimum absolute atomic E-state index is 0.222. The zero-order chi connectivity index (χ0) is 14.8. The van der Waals surface area contributed by atoms with Gasteiger partial charge in [-0.2, -0.15) is 0 Å². The van der Waals surface area contributed by atoms with Crippen LogP contribution >= 0.6 is 15.9 Å². The summed E-state index contributed by atoms with van der Waals surface area (Å²) < 4.78 is 16.3. The van der Waals surface area contributed by atoms with Crippen molar-refractivity contribution >= 4 is 26.8 Å². The smallest absolute Gasteiger partial charge is 0.137 e. The molecule has 0 atom stereocenters. The molecule has 3 aromatic rings. The molecule has 0 saturated carbocycles. The van der Waals surface area contributed by atoms with Crippen molar-refractivity contribution in [1.82, 2.24) is 9.88 Å². The molecule has 0 fully saturated rings. The summed E-state index contributed by atoms with van der Waals surface area (Å²) in [4.78, 5) is 0. The number of aromatic nitrogens is 1. The summed E-state index contributed by atoms with van der Waals surface area (Å²) in [6.07, 6.45) is 2.06. The largest absolute Gasteiger partial charge is 0.343 e. The van der Waals surface area contributed by atoms with Crippen molar-refractivity contribution in [2.24, 2.45) is 0 Å². The van der Waals surface area contributed by atoms with Crippen LogP contribution in [0, 0.1) is 5.82 Å². The van der Waals surface area contributed by atoms with Crippen LogP contribution in [0.1, 0.15) is 11.1 Å². The monoisotopic (exact) mass is 346 g/mol. The van der Waals surface area contributed by atoms with Crippen molar-refractivity contribution in [2.75, 3.05) is 7.05 Å². The molecule has 2 aromatic carbocycles. The van der Waals surface area contributed by atoms with Crippen LogP contribution < -0.4 is 5.32 Å². The van der Waals surface area contributed by atoms with Gasteiger partial charge in [-0.3, -0.25) is 0 Å². The number of benzene rings is 2. The van der Waals surface area contributed by atoms with Crippen molar-refractivity contribution < 1.29 is 4.39 Å². The normalized spacial score (nSPS) is 11.2. The number of nitrogens with one attached hydrogen (secondary N) is 1. The SMILES string of the molecule is CNCc1cccc2c1ccn2Cc1cccc(F)c1Br. The van der Waals surface area contributed by atoms with Crippen LogP contribution in [-0.4, -0.2) is 11.6 Å². The Labute approximate surface area is 131 Å². The quantitative estimate of drug-likeness (QED) is 0.744. The molecule has 1 aromatic heterocycles. The van der Waals surface area contributed by atoms with E-state index in [0.717, 1.165) is 12.1 Å². The van der Waals surface area contributed by atoms with Crippen molar-refractivity contribution in [1.29, 1.82) is 0 Å². The molecule has 3 rings (SSSR count). The summed E-state index contributed by atoms with van der Waals surface area (Å²) in [6, 6.07) is 13.6. The van der Waals surface area contributed by atoms with Gasteiger partial charge >= 0.3 is 0 Å². The minimum atomic E-state index is -0.222. The maximum atomic E-state index is 13.6. The Balaban J connectivity index is 2.02. The maximum absolute atomic E-state index is 13.6. The van der Waals surface area contributed by atoms with Gasteiger partial charge in [0.1, 0.15) is 5.82 Å². The second kappa shape index (κ2) is 6.00. The Morgan fingerprint density at radius 3 is 2.67 bits per heavy atom. The first kappa shape index (κ1) is 14.3. The van der Waals surface area contributed by atoms with Gasteiger partial charge in [-0.05, 0) is 52.3 Å². The van der Waals surface area contributed by atoms with Crippen LogP contribution in [0.4, 0.5) is 4.39 Å². The van der Waals surface area contributed by atoms with Crippen LogP contribution in [0.5, 0.6) is 0 Å². The fraction of sp³-hybridized carbons (Fsp3) is 0.176. The van der Waals surface area contributed by atoms with E-state index < -0.39 is 0 Å². The zero-order valence-corrected chi connectivity index (χ0v) is 13.3. The molecule has 0 radical (unpaired) electrons. The van der Waals surface area contributed by atoms with Gasteiger partial charge in [0.25, 0.3) is 0 Å². The van der Waals surface area contributed by atoms with Gasteiger partial charge in [0.2, 0.25) is 0 Å². The molecule has 0 amide bonds. The van der Waals surface area contributed by atoms with Gasteiger partial charge in [0.05, 0.1) is 4.47 Å². The molecule has 0 spiro atoms. The molecule has 0 unspecified atom stereocenters. The highest BCUT2D eigenvalue weighted by atomic mass is 79.9. The Morgan fingerprint density at radius 2 is 1.86 bits per heavy atom. The highest BCUT2D eigenvalue weighted by molar-refractivity contribution is 9.10. The van der Waals surface area contributed by atoms with Crippen molar-refractivity contribution in [3.8, 4) is 0 Å². The molecular formula is C17H16BrFN2. The molecule has 1 heterocycles. The van der Waals surface area contributed by atoms with Crippen LogP contribution in [0.3, 0.4) is 0 Å². The first-order chi connectivity index (χ1) is 10.2. The van der Waals surface area contributed by atoms with Crippen molar-refractivity contribution in [2.45, 2.75) is 13.1 Å². The molecule has 0 aliphatic carbocycles. The number of hydrogen-bond donors (Lipinski definition) is 1. The van der Waals surface area contributed by atoms with Crippen LogP contribution in [0.25, 0.3) is 10.9 Å². The van der Waals surface area contributed by atoms with E-state index >= 15 is 0 Å². The highest BCUT2D eigenvalue weighted by Gasteiger charge is 2.09. The van der Waals surface area contributed by atoms with Gasteiger partial charge in [0.15, 0.2) is 0 Å². The summed E-state index contributed by atoms with van der Waals surface area (Å²) in [7, 11) is 1.94. The summed E-state index contributed by atoms with van der Waals surface area (Å²) in [5, 5.41) is 4.42. The summed E-state index contributed by atoms with van der Waals surface area (Å²) >= 11 is 3.33. The number of hydrogen-bond acceptors (Lipinski definition) is 1. The minimum Gasteiger partial charge on any atom is -0.343 e. The van der Waals surface area contributed by atoms with Gasteiger partial charge in [0, 0.05) is 30.2 Å². The number of halogens is 2. The van der Waals surface area contributed by atoms with E-state index in [1.165, 1.54) is 22.5 Å². The van der Waals surface area contributed by atoms with E-state index in [-0.39, 0.29) is 5.82 Å². The van der Waals surface area contributed by atoms with Crippen molar-refractivity contribution in [3.63, 3.8) is 0 Å². The molecule has 108 valence electrons. The van der Waals surface area contributed by atoms with Gasteiger partial charge < -0.3 is 9.88 Å². The van der Waals surface area contributed by atoms with E-state index in [1.807, 2.05) is 13.1 Å². The van der Waals surface area contributed by atoms with Crippen LogP contribution in [-0.2, 0) is 13.1 Å². The number of nitrogens with zero attached hydrogens (tertiary/aromatic N) is 1. The molecule has 21 heavy (non-hydrogen) atoms.